The van der Waals surface area contributed by atoms with Crippen molar-refractivity contribution in [1.82, 2.24) is 9.29 Å². The molecule has 0 bridgehead atoms. The molecular weight excluding hydrogens is 316 g/mol. The standard InChI is InChI=1S/C16H20N2O2S2/c1-12(2)13-4-6-14(7-5-13)16-17-10-15(21-16)11-18-8-3-9-22(18,19)20/h4-7,10,12H,3,8-9,11H2,1-2H3. The van der Waals surface area contributed by atoms with Crippen molar-refractivity contribution in [2.45, 2.75) is 32.7 Å². The molecule has 0 aliphatic carbocycles. The number of sulfonamides is 1. The van der Waals surface area contributed by atoms with Gasteiger partial charge in [0.05, 0.1) is 5.75 Å². The van der Waals surface area contributed by atoms with Crippen LogP contribution < -0.4 is 0 Å². The highest BCUT2D eigenvalue weighted by Gasteiger charge is 2.28. The molecule has 1 aliphatic heterocycles. The predicted octanol–water partition coefficient (Wildman–Crippen LogP) is 3.47. The minimum absolute atomic E-state index is 0.273. The van der Waals surface area contributed by atoms with E-state index in [0.29, 0.717) is 19.0 Å². The molecule has 22 heavy (non-hydrogen) atoms. The second-order valence-corrected chi connectivity index (χ2v) is 9.12. The predicted molar refractivity (Wildman–Crippen MR) is 90.5 cm³/mol. The summed E-state index contributed by atoms with van der Waals surface area (Å²) in [7, 11) is -3.04. The third-order valence-corrected chi connectivity index (χ3v) is 6.85. The van der Waals surface area contributed by atoms with Crippen LogP contribution in [-0.4, -0.2) is 30.0 Å². The van der Waals surface area contributed by atoms with Gasteiger partial charge in [0.25, 0.3) is 0 Å². The maximum absolute atomic E-state index is 11.9. The quantitative estimate of drug-likeness (QED) is 0.859. The summed E-state index contributed by atoms with van der Waals surface area (Å²) in [5.74, 6) is 0.788. The van der Waals surface area contributed by atoms with E-state index in [0.717, 1.165) is 21.9 Å². The van der Waals surface area contributed by atoms with Crippen LogP contribution in [-0.2, 0) is 16.6 Å². The number of nitrogens with zero attached hydrogens (tertiary/aromatic N) is 2. The van der Waals surface area contributed by atoms with Gasteiger partial charge in [0.15, 0.2) is 0 Å². The van der Waals surface area contributed by atoms with Crippen LogP contribution in [0.4, 0.5) is 0 Å². The van der Waals surface area contributed by atoms with Gasteiger partial charge < -0.3 is 0 Å². The van der Waals surface area contributed by atoms with E-state index in [1.807, 2.05) is 0 Å². The Balaban J connectivity index is 1.76. The lowest BCUT2D eigenvalue weighted by atomic mass is 10.0. The lowest BCUT2D eigenvalue weighted by Crippen LogP contribution is -2.24. The van der Waals surface area contributed by atoms with E-state index in [-0.39, 0.29) is 5.75 Å². The van der Waals surface area contributed by atoms with Gasteiger partial charge in [-0.05, 0) is 17.9 Å². The Kier molecular flexibility index (Phi) is 4.34. The molecule has 1 aliphatic rings. The van der Waals surface area contributed by atoms with Gasteiger partial charge in [-0.1, -0.05) is 38.1 Å². The molecule has 4 nitrogen and oxygen atoms in total. The van der Waals surface area contributed by atoms with Crippen molar-refractivity contribution < 1.29 is 8.42 Å². The summed E-state index contributed by atoms with van der Waals surface area (Å²) in [6.07, 6.45) is 2.52. The normalized spacial score (nSPS) is 18.1. The van der Waals surface area contributed by atoms with Crippen LogP contribution in [0.2, 0.25) is 0 Å². The molecule has 2 aromatic rings. The molecule has 0 amide bonds. The van der Waals surface area contributed by atoms with Crippen LogP contribution in [0.5, 0.6) is 0 Å². The van der Waals surface area contributed by atoms with Gasteiger partial charge in [0.1, 0.15) is 5.01 Å². The van der Waals surface area contributed by atoms with Gasteiger partial charge in [0, 0.05) is 29.7 Å². The summed E-state index contributed by atoms with van der Waals surface area (Å²) in [5.41, 5.74) is 2.40. The van der Waals surface area contributed by atoms with Gasteiger partial charge in [0.2, 0.25) is 10.0 Å². The molecule has 0 N–H and O–H groups in total. The Bertz CT molecular complexity index is 749. The van der Waals surface area contributed by atoms with Crippen molar-refractivity contribution in [3.63, 3.8) is 0 Å². The van der Waals surface area contributed by atoms with Crippen LogP contribution in [0.1, 0.15) is 36.6 Å². The Morgan fingerprint density at radius 1 is 1.27 bits per heavy atom. The van der Waals surface area contributed by atoms with Crippen molar-refractivity contribution in [3.05, 3.63) is 40.9 Å². The van der Waals surface area contributed by atoms with E-state index in [1.54, 1.807) is 21.8 Å². The second kappa shape index (κ2) is 6.10. The maximum atomic E-state index is 11.9. The lowest BCUT2D eigenvalue weighted by Gasteiger charge is -2.11. The lowest BCUT2D eigenvalue weighted by molar-refractivity contribution is 0.443. The first-order valence-corrected chi connectivity index (χ1v) is 9.91. The molecule has 6 heteroatoms. The average Bonchev–Trinajstić information content (AvgIpc) is 3.07. The number of hydrogen-bond donors (Lipinski definition) is 0. The summed E-state index contributed by atoms with van der Waals surface area (Å²) in [6, 6.07) is 8.44. The molecule has 0 atom stereocenters. The SMILES string of the molecule is CC(C)c1ccc(-c2ncc(CN3CCCS3(=O)=O)s2)cc1. The van der Waals surface area contributed by atoms with E-state index in [9.17, 15) is 8.42 Å². The maximum Gasteiger partial charge on any atom is 0.214 e. The number of thiazole rings is 1. The Labute approximate surface area is 135 Å². The number of rotatable bonds is 4. The monoisotopic (exact) mass is 336 g/mol. The van der Waals surface area contributed by atoms with Gasteiger partial charge >= 0.3 is 0 Å². The topological polar surface area (TPSA) is 50.3 Å². The summed E-state index contributed by atoms with van der Waals surface area (Å²) in [5, 5.41) is 0.946. The van der Waals surface area contributed by atoms with E-state index in [4.69, 9.17) is 0 Å². The molecular formula is C16H20N2O2S2. The van der Waals surface area contributed by atoms with E-state index >= 15 is 0 Å². The largest absolute Gasteiger partial charge is 0.244 e. The second-order valence-electron chi connectivity index (χ2n) is 5.91. The minimum Gasteiger partial charge on any atom is -0.244 e. The molecule has 1 aromatic carbocycles. The van der Waals surface area contributed by atoms with E-state index < -0.39 is 10.0 Å². The number of benzene rings is 1. The highest BCUT2D eigenvalue weighted by molar-refractivity contribution is 7.89. The fraction of sp³-hybridized carbons (Fsp3) is 0.438. The van der Waals surface area contributed by atoms with Gasteiger partial charge in [-0.3, -0.25) is 0 Å². The molecule has 2 heterocycles. The van der Waals surface area contributed by atoms with Crippen LogP contribution in [0.3, 0.4) is 0 Å². The zero-order valence-corrected chi connectivity index (χ0v) is 14.5. The highest BCUT2D eigenvalue weighted by Crippen LogP contribution is 2.28. The summed E-state index contributed by atoms with van der Waals surface area (Å²) in [6.45, 7) is 5.42. The van der Waals surface area contributed by atoms with Crippen molar-refractivity contribution in [2.24, 2.45) is 0 Å². The smallest absolute Gasteiger partial charge is 0.214 e. The van der Waals surface area contributed by atoms with Crippen molar-refractivity contribution in [3.8, 4) is 10.6 Å². The number of aromatic nitrogens is 1. The molecule has 0 saturated carbocycles. The summed E-state index contributed by atoms with van der Waals surface area (Å²) < 4.78 is 25.3. The first-order valence-electron chi connectivity index (χ1n) is 7.48. The van der Waals surface area contributed by atoms with Crippen LogP contribution >= 0.6 is 11.3 Å². The molecule has 118 valence electrons. The Hall–Kier alpha value is -1.24. The average molecular weight is 336 g/mol. The molecule has 0 unspecified atom stereocenters. The summed E-state index contributed by atoms with van der Waals surface area (Å²) in [4.78, 5) is 5.44. The zero-order valence-electron chi connectivity index (χ0n) is 12.8. The van der Waals surface area contributed by atoms with Crippen molar-refractivity contribution in [1.29, 1.82) is 0 Å². The molecule has 1 aromatic heterocycles. The Morgan fingerprint density at radius 3 is 2.59 bits per heavy atom. The van der Waals surface area contributed by atoms with Crippen molar-refractivity contribution >= 4 is 21.4 Å². The van der Waals surface area contributed by atoms with Gasteiger partial charge in [-0.15, -0.1) is 11.3 Å². The summed E-state index contributed by atoms with van der Waals surface area (Å²) >= 11 is 1.57. The third-order valence-electron chi connectivity index (χ3n) is 3.91. The number of hydrogen-bond acceptors (Lipinski definition) is 4. The fourth-order valence-corrected chi connectivity index (χ4v) is 5.08. The van der Waals surface area contributed by atoms with E-state index in [2.05, 4.69) is 43.1 Å². The van der Waals surface area contributed by atoms with Gasteiger partial charge in [-0.2, -0.15) is 4.31 Å². The highest BCUT2D eigenvalue weighted by atomic mass is 32.2. The third kappa shape index (κ3) is 3.24. The first kappa shape index (κ1) is 15.6. The zero-order chi connectivity index (χ0) is 15.7. The fourth-order valence-electron chi connectivity index (χ4n) is 2.57. The van der Waals surface area contributed by atoms with Crippen LogP contribution in [0.15, 0.2) is 30.5 Å². The van der Waals surface area contributed by atoms with Crippen molar-refractivity contribution in [2.75, 3.05) is 12.3 Å². The molecule has 3 rings (SSSR count). The minimum atomic E-state index is -3.04. The van der Waals surface area contributed by atoms with Crippen LogP contribution in [0, 0.1) is 0 Å². The van der Waals surface area contributed by atoms with E-state index in [1.165, 1.54) is 5.56 Å². The van der Waals surface area contributed by atoms with Crippen LogP contribution in [0.25, 0.3) is 10.6 Å². The Morgan fingerprint density at radius 2 is 2.00 bits per heavy atom. The molecule has 0 radical (unpaired) electrons. The first-order chi connectivity index (χ1) is 10.5. The molecule has 1 saturated heterocycles. The molecule has 1 fully saturated rings. The molecule has 0 spiro atoms. The van der Waals surface area contributed by atoms with Gasteiger partial charge in [-0.25, -0.2) is 13.4 Å².